The van der Waals surface area contributed by atoms with Crippen LogP contribution in [0.2, 0.25) is 0 Å². The van der Waals surface area contributed by atoms with E-state index < -0.39 is 0 Å². The van der Waals surface area contributed by atoms with Crippen molar-refractivity contribution in [2.45, 2.75) is 20.4 Å². The van der Waals surface area contributed by atoms with E-state index in [2.05, 4.69) is 30.1 Å². The van der Waals surface area contributed by atoms with Gasteiger partial charge in [-0.1, -0.05) is 17.9 Å². The van der Waals surface area contributed by atoms with E-state index in [0.29, 0.717) is 12.1 Å². The topological polar surface area (TPSA) is 55.1 Å². The predicted octanol–water partition coefficient (Wildman–Crippen LogP) is 2.61. The fraction of sp³-hybridized carbons (Fsp3) is 0.235. The van der Waals surface area contributed by atoms with E-state index in [1.54, 1.807) is 11.3 Å². The predicted molar refractivity (Wildman–Crippen MR) is 87.3 cm³/mol. The smallest absolute Gasteiger partial charge is 0.252 e. The molecule has 0 aliphatic heterocycles. The van der Waals surface area contributed by atoms with Gasteiger partial charge < -0.3 is 11.1 Å². The fourth-order valence-corrected chi connectivity index (χ4v) is 2.78. The number of amides is 1. The van der Waals surface area contributed by atoms with Crippen LogP contribution in [0.3, 0.4) is 0 Å². The van der Waals surface area contributed by atoms with Crippen LogP contribution in [-0.4, -0.2) is 12.5 Å². The molecule has 1 amide bonds. The molecule has 3 nitrogen and oxygen atoms in total. The molecule has 2 rings (SSSR count). The summed E-state index contributed by atoms with van der Waals surface area (Å²) >= 11 is 1.69. The standard InChI is InChI=1S/C17H18N2OS/c1-12-5-8-16(14(10-12)4-3-9-18)17(20)19-11-15-7-6-13(2)21-15/h5-8,10H,9,11,18H2,1-2H3,(H,19,20). The summed E-state index contributed by atoms with van der Waals surface area (Å²) < 4.78 is 0. The number of rotatable bonds is 3. The van der Waals surface area contributed by atoms with Crippen LogP contribution in [0, 0.1) is 25.7 Å². The average molecular weight is 298 g/mol. The third kappa shape index (κ3) is 4.19. The van der Waals surface area contributed by atoms with Crippen LogP contribution in [0.25, 0.3) is 0 Å². The van der Waals surface area contributed by atoms with Crippen molar-refractivity contribution in [1.29, 1.82) is 0 Å². The first-order valence-electron chi connectivity index (χ1n) is 6.73. The molecule has 2 aromatic rings. The zero-order valence-corrected chi connectivity index (χ0v) is 13.0. The molecule has 1 aromatic heterocycles. The van der Waals surface area contributed by atoms with Gasteiger partial charge in [0, 0.05) is 15.3 Å². The highest BCUT2D eigenvalue weighted by molar-refractivity contribution is 7.11. The highest BCUT2D eigenvalue weighted by Crippen LogP contribution is 2.15. The molecule has 21 heavy (non-hydrogen) atoms. The number of carbonyl (C=O) groups is 1. The number of benzene rings is 1. The summed E-state index contributed by atoms with van der Waals surface area (Å²) in [6, 6.07) is 9.72. The first-order valence-corrected chi connectivity index (χ1v) is 7.55. The normalized spacial score (nSPS) is 9.86. The van der Waals surface area contributed by atoms with Crippen LogP contribution in [0.1, 0.15) is 31.2 Å². The number of nitrogens with one attached hydrogen (secondary N) is 1. The lowest BCUT2D eigenvalue weighted by atomic mass is 10.0. The molecule has 4 heteroatoms. The van der Waals surface area contributed by atoms with Crippen molar-refractivity contribution in [3.05, 3.63) is 56.8 Å². The van der Waals surface area contributed by atoms with E-state index in [1.165, 1.54) is 4.88 Å². The number of nitrogens with two attached hydrogens (primary N) is 1. The Morgan fingerprint density at radius 1 is 1.29 bits per heavy atom. The van der Waals surface area contributed by atoms with Gasteiger partial charge in [0.2, 0.25) is 0 Å². The highest BCUT2D eigenvalue weighted by Gasteiger charge is 2.10. The molecule has 0 fully saturated rings. The summed E-state index contributed by atoms with van der Waals surface area (Å²) in [7, 11) is 0. The second kappa shape index (κ2) is 7.07. The van der Waals surface area contributed by atoms with E-state index in [1.807, 2.05) is 31.2 Å². The SMILES string of the molecule is Cc1ccc(C(=O)NCc2ccc(C)s2)c(C#CCN)c1. The van der Waals surface area contributed by atoms with Gasteiger partial charge in [0.05, 0.1) is 18.7 Å². The summed E-state index contributed by atoms with van der Waals surface area (Å²) in [5, 5.41) is 2.94. The van der Waals surface area contributed by atoms with Gasteiger partial charge in [-0.05, 0) is 43.7 Å². The molecule has 0 saturated carbocycles. The summed E-state index contributed by atoms with van der Waals surface area (Å²) in [5.74, 6) is 5.66. The van der Waals surface area contributed by atoms with E-state index in [9.17, 15) is 4.79 Å². The first kappa shape index (κ1) is 15.3. The van der Waals surface area contributed by atoms with Gasteiger partial charge >= 0.3 is 0 Å². The van der Waals surface area contributed by atoms with Crippen molar-refractivity contribution in [2.24, 2.45) is 5.73 Å². The van der Waals surface area contributed by atoms with Gasteiger partial charge in [-0.25, -0.2) is 0 Å². The van der Waals surface area contributed by atoms with Crippen molar-refractivity contribution >= 4 is 17.2 Å². The monoisotopic (exact) mass is 298 g/mol. The Hall–Kier alpha value is -2.09. The second-order valence-electron chi connectivity index (χ2n) is 4.75. The molecule has 3 N–H and O–H groups in total. The summed E-state index contributed by atoms with van der Waals surface area (Å²) in [6.07, 6.45) is 0. The Morgan fingerprint density at radius 2 is 2.10 bits per heavy atom. The van der Waals surface area contributed by atoms with Crippen molar-refractivity contribution in [1.82, 2.24) is 5.32 Å². The number of carbonyl (C=O) groups excluding carboxylic acids is 1. The maximum absolute atomic E-state index is 12.3. The summed E-state index contributed by atoms with van der Waals surface area (Å²) in [4.78, 5) is 14.7. The van der Waals surface area contributed by atoms with Gasteiger partial charge in [0.15, 0.2) is 0 Å². The van der Waals surface area contributed by atoms with Crippen molar-refractivity contribution in [3.8, 4) is 11.8 Å². The zero-order valence-electron chi connectivity index (χ0n) is 12.2. The molecule has 0 saturated heterocycles. The molecule has 0 spiro atoms. The lowest BCUT2D eigenvalue weighted by molar-refractivity contribution is 0.0951. The van der Waals surface area contributed by atoms with Crippen LogP contribution in [0.4, 0.5) is 0 Å². The van der Waals surface area contributed by atoms with E-state index in [-0.39, 0.29) is 12.5 Å². The summed E-state index contributed by atoms with van der Waals surface area (Å²) in [6.45, 7) is 4.85. The minimum atomic E-state index is -0.109. The van der Waals surface area contributed by atoms with Crippen LogP contribution >= 0.6 is 11.3 Å². The molecule has 0 aliphatic rings. The maximum Gasteiger partial charge on any atom is 0.252 e. The van der Waals surface area contributed by atoms with Crippen LogP contribution in [0.5, 0.6) is 0 Å². The van der Waals surface area contributed by atoms with E-state index in [0.717, 1.165) is 16.0 Å². The Balaban J connectivity index is 2.14. The Bertz CT molecular complexity index is 707. The van der Waals surface area contributed by atoms with Gasteiger partial charge in [0.25, 0.3) is 5.91 Å². The molecule has 0 radical (unpaired) electrons. The Kier molecular flexibility index (Phi) is 5.15. The number of aryl methyl sites for hydroxylation is 2. The van der Waals surface area contributed by atoms with Crippen molar-refractivity contribution in [2.75, 3.05) is 6.54 Å². The summed E-state index contributed by atoms with van der Waals surface area (Å²) in [5.41, 5.74) is 7.79. The van der Waals surface area contributed by atoms with Gasteiger partial charge in [-0.2, -0.15) is 0 Å². The number of hydrogen-bond donors (Lipinski definition) is 2. The van der Waals surface area contributed by atoms with Crippen molar-refractivity contribution in [3.63, 3.8) is 0 Å². The minimum absolute atomic E-state index is 0.109. The molecule has 0 unspecified atom stereocenters. The van der Waals surface area contributed by atoms with Crippen molar-refractivity contribution < 1.29 is 4.79 Å². The third-order valence-electron chi connectivity index (χ3n) is 2.96. The molecular formula is C17H18N2OS. The molecular weight excluding hydrogens is 280 g/mol. The number of thiophene rings is 1. The highest BCUT2D eigenvalue weighted by atomic mass is 32.1. The fourth-order valence-electron chi connectivity index (χ4n) is 1.95. The van der Waals surface area contributed by atoms with Gasteiger partial charge in [-0.3, -0.25) is 4.79 Å². The Labute approximate surface area is 129 Å². The molecule has 1 heterocycles. The Morgan fingerprint density at radius 3 is 2.76 bits per heavy atom. The largest absolute Gasteiger partial charge is 0.347 e. The maximum atomic E-state index is 12.3. The van der Waals surface area contributed by atoms with Crippen LogP contribution in [0.15, 0.2) is 30.3 Å². The molecule has 0 atom stereocenters. The van der Waals surface area contributed by atoms with Gasteiger partial charge in [-0.15, -0.1) is 11.3 Å². The third-order valence-corrected chi connectivity index (χ3v) is 3.96. The lowest BCUT2D eigenvalue weighted by Gasteiger charge is -2.07. The van der Waals surface area contributed by atoms with Crippen LogP contribution < -0.4 is 11.1 Å². The van der Waals surface area contributed by atoms with Gasteiger partial charge in [0.1, 0.15) is 0 Å². The lowest BCUT2D eigenvalue weighted by Crippen LogP contribution is -2.23. The van der Waals surface area contributed by atoms with E-state index >= 15 is 0 Å². The van der Waals surface area contributed by atoms with Crippen LogP contribution in [-0.2, 0) is 6.54 Å². The molecule has 0 aliphatic carbocycles. The molecule has 1 aromatic carbocycles. The number of hydrogen-bond acceptors (Lipinski definition) is 3. The first-order chi connectivity index (χ1) is 10.1. The van der Waals surface area contributed by atoms with E-state index in [4.69, 9.17) is 5.73 Å². The second-order valence-corrected chi connectivity index (χ2v) is 6.12. The minimum Gasteiger partial charge on any atom is -0.347 e. The zero-order chi connectivity index (χ0) is 15.2. The molecule has 0 bridgehead atoms. The quantitative estimate of drug-likeness (QED) is 0.856. The molecule has 108 valence electrons. The average Bonchev–Trinajstić information content (AvgIpc) is 2.88.